The molecule has 0 spiro atoms. The second-order valence-electron chi connectivity index (χ2n) is 5.22. The van der Waals surface area contributed by atoms with Gasteiger partial charge >= 0.3 is 0 Å². The van der Waals surface area contributed by atoms with Gasteiger partial charge in [-0.05, 0) is 29.2 Å². The first kappa shape index (κ1) is 13.6. The molecule has 0 radical (unpaired) electrons. The predicted octanol–water partition coefficient (Wildman–Crippen LogP) is 3.14. The SMILES string of the molecule is CC(C)C(F)(CN)Cc1cc(Cl)cc2c1OCC2. The van der Waals surface area contributed by atoms with E-state index in [1.54, 1.807) is 6.07 Å². The van der Waals surface area contributed by atoms with Gasteiger partial charge in [0.05, 0.1) is 6.61 Å². The smallest absolute Gasteiger partial charge is 0.129 e. The van der Waals surface area contributed by atoms with Crippen molar-refractivity contribution in [2.75, 3.05) is 13.2 Å². The summed E-state index contributed by atoms with van der Waals surface area (Å²) in [4.78, 5) is 0. The van der Waals surface area contributed by atoms with Gasteiger partial charge in [0.2, 0.25) is 0 Å². The zero-order valence-corrected chi connectivity index (χ0v) is 11.6. The van der Waals surface area contributed by atoms with Crippen molar-refractivity contribution in [2.45, 2.75) is 32.4 Å². The van der Waals surface area contributed by atoms with Crippen molar-refractivity contribution in [2.24, 2.45) is 11.7 Å². The second kappa shape index (κ2) is 5.06. The second-order valence-corrected chi connectivity index (χ2v) is 5.66. The van der Waals surface area contributed by atoms with Crippen LogP contribution in [0.5, 0.6) is 5.75 Å². The van der Waals surface area contributed by atoms with Crippen molar-refractivity contribution < 1.29 is 9.13 Å². The molecule has 0 saturated carbocycles. The van der Waals surface area contributed by atoms with E-state index in [2.05, 4.69) is 0 Å². The Bertz CT molecular complexity index is 450. The molecule has 100 valence electrons. The van der Waals surface area contributed by atoms with Crippen molar-refractivity contribution in [1.29, 1.82) is 0 Å². The van der Waals surface area contributed by atoms with E-state index in [-0.39, 0.29) is 18.9 Å². The Morgan fingerprint density at radius 2 is 2.22 bits per heavy atom. The third-order valence-electron chi connectivity index (χ3n) is 3.68. The highest BCUT2D eigenvalue weighted by Gasteiger charge is 2.34. The minimum atomic E-state index is -1.41. The number of halogens is 2. The molecule has 1 aliphatic heterocycles. The van der Waals surface area contributed by atoms with Crippen molar-refractivity contribution in [3.8, 4) is 5.75 Å². The van der Waals surface area contributed by atoms with Gasteiger partial charge in [-0.2, -0.15) is 0 Å². The van der Waals surface area contributed by atoms with Crippen LogP contribution < -0.4 is 10.5 Å². The quantitative estimate of drug-likeness (QED) is 0.913. The highest BCUT2D eigenvalue weighted by molar-refractivity contribution is 6.30. The fourth-order valence-corrected chi connectivity index (χ4v) is 2.57. The first-order chi connectivity index (χ1) is 8.46. The summed E-state index contributed by atoms with van der Waals surface area (Å²) >= 11 is 6.07. The van der Waals surface area contributed by atoms with Crippen LogP contribution in [0.1, 0.15) is 25.0 Å². The Kier molecular flexibility index (Phi) is 3.83. The minimum Gasteiger partial charge on any atom is -0.493 e. The van der Waals surface area contributed by atoms with E-state index in [0.29, 0.717) is 11.6 Å². The molecule has 2 N–H and O–H groups in total. The normalized spacial score (nSPS) is 17.4. The van der Waals surface area contributed by atoms with Crippen molar-refractivity contribution in [1.82, 2.24) is 0 Å². The van der Waals surface area contributed by atoms with E-state index >= 15 is 0 Å². The Morgan fingerprint density at radius 3 is 2.83 bits per heavy atom. The number of alkyl halides is 1. The van der Waals surface area contributed by atoms with Gasteiger partial charge in [0, 0.05) is 24.4 Å². The summed E-state index contributed by atoms with van der Waals surface area (Å²) in [6, 6.07) is 3.68. The summed E-state index contributed by atoms with van der Waals surface area (Å²) in [5, 5.41) is 0.636. The highest BCUT2D eigenvalue weighted by atomic mass is 35.5. The third kappa shape index (κ3) is 2.47. The number of hydrogen-bond acceptors (Lipinski definition) is 2. The van der Waals surface area contributed by atoms with Gasteiger partial charge in [0.25, 0.3) is 0 Å². The zero-order chi connectivity index (χ0) is 13.3. The van der Waals surface area contributed by atoms with Gasteiger partial charge in [-0.3, -0.25) is 0 Å². The van der Waals surface area contributed by atoms with E-state index < -0.39 is 5.67 Å². The van der Waals surface area contributed by atoms with Crippen LogP contribution in [0.15, 0.2) is 12.1 Å². The maximum absolute atomic E-state index is 14.7. The Morgan fingerprint density at radius 1 is 1.50 bits per heavy atom. The molecule has 0 saturated heterocycles. The maximum Gasteiger partial charge on any atom is 0.129 e. The summed E-state index contributed by atoms with van der Waals surface area (Å²) in [5.74, 6) is 0.661. The van der Waals surface area contributed by atoms with Crippen LogP contribution >= 0.6 is 11.6 Å². The summed E-state index contributed by atoms with van der Waals surface area (Å²) in [6.07, 6.45) is 1.09. The topological polar surface area (TPSA) is 35.2 Å². The molecule has 2 nitrogen and oxygen atoms in total. The van der Waals surface area contributed by atoms with E-state index in [4.69, 9.17) is 22.1 Å². The average Bonchev–Trinajstić information content (AvgIpc) is 2.76. The Balaban J connectivity index is 2.35. The average molecular weight is 272 g/mol. The fraction of sp³-hybridized carbons (Fsp3) is 0.571. The van der Waals surface area contributed by atoms with Gasteiger partial charge in [-0.25, -0.2) is 4.39 Å². The van der Waals surface area contributed by atoms with Crippen molar-refractivity contribution in [3.05, 3.63) is 28.3 Å². The molecule has 0 bridgehead atoms. The fourth-order valence-electron chi connectivity index (χ4n) is 2.31. The number of rotatable bonds is 4. The van der Waals surface area contributed by atoms with E-state index in [1.165, 1.54) is 0 Å². The third-order valence-corrected chi connectivity index (χ3v) is 3.90. The van der Waals surface area contributed by atoms with E-state index in [0.717, 1.165) is 23.3 Å². The number of hydrogen-bond donors (Lipinski definition) is 1. The standard InChI is InChI=1S/C14H19ClFNO/c1-9(2)14(16,8-17)7-11-6-12(15)5-10-3-4-18-13(10)11/h5-6,9H,3-4,7-8,17H2,1-2H3. The van der Waals surface area contributed by atoms with Crippen LogP contribution in [0.3, 0.4) is 0 Å². The largest absolute Gasteiger partial charge is 0.493 e. The molecule has 0 amide bonds. The molecule has 0 aliphatic carbocycles. The number of nitrogens with two attached hydrogens (primary N) is 1. The van der Waals surface area contributed by atoms with Crippen molar-refractivity contribution in [3.63, 3.8) is 0 Å². The summed E-state index contributed by atoms with van der Waals surface area (Å²) in [7, 11) is 0. The van der Waals surface area contributed by atoms with Crippen LogP contribution in [-0.4, -0.2) is 18.8 Å². The van der Waals surface area contributed by atoms with Gasteiger partial charge < -0.3 is 10.5 Å². The van der Waals surface area contributed by atoms with Crippen LogP contribution in [0.2, 0.25) is 5.02 Å². The molecule has 18 heavy (non-hydrogen) atoms. The molecule has 0 aromatic heterocycles. The van der Waals surface area contributed by atoms with Crippen molar-refractivity contribution >= 4 is 11.6 Å². The number of benzene rings is 1. The molecular formula is C14H19ClFNO. The lowest BCUT2D eigenvalue weighted by molar-refractivity contribution is 0.109. The van der Waals surface area contributed by atoms with Gasteiger partial charge in [0.1, 0.15) is 11.4 Å². The minimum absolute atomic E-state index is 0.00591. The molecule has 0 fully saturated rings. The van der Waals surface area contributed by atoms with E-state index in [1.807, 2.05) is 19.9 Å². The molecular weight excluding hydrogens is 253 g/mol. The van der Waals surface area contributed by atoms with Crippen LogP contribution in [0.25, 0.3) is 0 Å². The highest BCUT2D eigenvalue weighted by Crippen LogP contribution is 2.37. The lowest BCUT2D eigenvalue weighted by Gasteiger charge is -2.28. The molecule has 1 atom stereocenters. The molecule has 1 heterocycles. The number of fused-ring (bicyclic) bond motifs is 1. The summed E-state index contributed by atoms with van der Waals surface area (Å²) in [5.41, 5.74) is 6.08. The summed E-state index contributed by atoms with van der Waals surface area (Å²) in [6.45, 7) is 4.34. The van der Waals surface area contributed by atoms with Gasteiger partial charge in [-0.15, -0.1) is 0 Å². The lowest BCUT2D eigenvalue weighted by atomic mass is 9.85. The summed E-state index contributed by atoms with van der Waals surface area (Å²) < 4.78 is 20.3. The van der Waals surface area contributed by atoms with Gasteiger partial charge in [-0.1, -0.05) is 25.4 Å². The monoisotopic (exact) mass is 271 g/mol. The Labute approximate surface area is 112 Å². The number of ether oxygens (including phenoxy) is 1. The van der Waals surface area contributed by atoms with E-state index in [9.17, 15) is 4.39 Å². The molecule has 2 rings (SSSR count). The Hall–Kier alpha value is -0.800. The first-order valence-corrected chi connectivity index (χ1v) is 6.67. The van der Waals surface area contributed by atoms with Crippen LogP contribution in [0, 0.1) is 5.92 Å². The maximum atomic E-state index is 14.7. The lowest BCUT2D eigenvalue weighted by Crippen LogP contribution is -2.40. The van der Waals surface area contributed by atoms with Crippen LogP contribution in [0.4, 0.5) is 4.39 Å². The molecule has 1 aliphatic rings. The first-order valence-electron chi connectivity index (χ1n) is 6.29. The predicted molar refractivity (Wildman–Crippen MR) is 72.1 cm³/mol. The molecule has 1 aromatic carbocycles. The molecule has 1 aromatic rings. The molecule has 1 unspecified atom stereocenters. The van der Waals surface area contributed by atoms with Gasteiger partial charge in [0.15, 0.2) is 0 Å². The molecule has 4 heteroatoms. The van der Waals surface area contributed by atoms with Crippen LogP contribution in [-0.2, 0) is 12.8 Å². The zero-order valence-electron chi connectivity index (χ0n) is 10.8.